The second-order valence-electron chi connectivity index (χ2n) is 7.38. The van der Waals surface area contributed by atoms with Gasteiger partial charge >= 0.3 is 17.8 Å². The van der Waals surface area contributed by atoms with Gasteiger partial charge in [0.05, 0.1) is 17.2 Å². The van der Waals surface area contributed by atoms with E-state index in [0.29, 0.717) is 6.07 Å². The Morgan fingerprint density at radius 3 is 2.42 bits per heavy atom. The zero-order valence-corrected chi connectivity index (χ0v) is 17.7. The Morgan fingerprint density at radius 2 is 1.81 bits per heavy atom. The van der Waals surface area contributed by atoms with E-state index in [2.05, 4.69) is 20.5 Å². The van der Waals surface area contributed by atoms with Crippen LogP contribution < -0.4 is 5.32 Å². The highest BCUT2D eigenvalue weighted by Crippen LogP contribution is 2.44. The van der Waals surface area contributed by atoms with Crippen LogP contribution in [-0.2, 0) is 12.5 Å². The molecular weight excluding hydrogens is 500 g/mol. The lowest BCUT2D eigenvalue weighted by Gasteiger charge is -2.21. The highest BCUT2D eigenvalue weighted by atomic mass is 19.4. The van der Waals surface area contributed by atoms with E-state index >= 15 is 0 Å². The Morgan fingerprint density at radius 1 is 1.11 bits per heavy atom. The third-order valence-corrected chi connectivity index (χ3v) is 4.93. The van der Waals surface area contributed by atoms with E-state index < -0.39 is 45.8 Å². The minimum absolute atomic E-state index is 0.00267. The van der Waals surface area contributed by atoms with Crippen molar-refractivity contribution in [2.45, 2.75) is 18.6 Å². The maximum absolute atomic E-state index is 14.4. The fourth-order valence-electron chi connectivity index (χ4n) is 3.17. The summed E-state index contributed by atoms with van der Waals surface area (Å²) in [5.74, 6) is -6.95. The molecule has 0 aliphatic carbocycles. The summed E-state index contributed by atoms with van der Waals surface area (Å²) in [5.41, 5.74) is -3.13. The van der Waals surface area contributed by atoms with Gasteiger partial charge in [0.25, 0.3) is 5.91 Å². The van der Waals surface area contributed by atoms with E-state index in [4.69, 9.17) is 0 Å². The molecule has 0 radical (unpaired) electrons. The molecule has 10 nitrogen and oxygen atoms in total. The quantitative estimate of drug-likeness (QED) is 0.229. The third-order valence-electron chi connectivity index (χ3n) is 4.93. The number of halogens is 6. The molecule has 0 saturated heterocycles. The van der Waals surface area contributed by atoms with Crippen LogP contribution in [0.1, 0.15) is 16.2 Å². The number of hydrogen-bond acceptors (Lipinski definition) is 6. The number of rotatable bonds is 7. The van der Waals surface area contributed by atoms with Crippen LogP contribution in [0.5, 0.6) is 0 Å². The van der Waals surface area contributed by atoms with E-state index in [9.17, 15) is 41.3 Å². The fourth-order valence-corrected chi connectivity index (χ4v) is 3.17. The normalized spacial score (nSPS) is 12.2. The van der Waals surface area contributed by atoms with Crippen LogP contribution in [-0.4, -0.2) is 47.9 Å². The minimum atomic E-state index is -5.98. The number of nitrogens with zero attached hydrogens (tertiary/aromatic N) is 6. The van der Waals surface area contributed by atoms with Crippen molar-refractivity contribution in [2.24, 2.45) is 0 Å². The number of carbonyl (C=O) groups excluding carboxylic acids is 1. The first kappa shape index (κ1) is 24.6. The second kappa shape index (κ2) is 8.94. The minimum Gasteiger partial charge on any atom is -0.349 e. The molecule has 4 rings (SSSR count). The van der Waals surface area contributed by atoms with E-state index in [1.54, 1.807) is 0 Å². The smallest absolute Gasteiger partial charge is 0.349 e. The second-order valence-corrected chi connectivity index (χ2v) is 7.38. The number of alkyl halides is 5. The van der Waals surface area contributed by atoms with Gasteiger partial charge < -0.3 is 5.32 Å². The number of nitrogens with one attached hydrogen (secondary N) is 1. The number of amides is 1. The molecule has 0 aliphatic rings. The summed E-state index contributed by atoms with van der Waals surface area (Å²) in [6.45, 7) is -0.122. The lowest BCUT2D eigenvalue weighted by molar-refractivity contribution is -0.385. The summed E-state index contributed by atoms with van der Waals surface area (Å²) in [5, 5.41) is 20.4. The van der Waals surface area contributed by atoms with Gasteiger partial charge in [-0.1, -0.05) is 0 Å². The summed E-state index contributed by atoms with van der Waals surface area (Å²) in [7, 11) is 0. The van der Waals surface area contributed by atoms with Crippen LogP contribution in [0, 0.1) is 15.9 Å². The molecule has 0 bridgehead atoms. The average molecular weight is 513 g/mol. The molecule has 36 heavy (non-hydrogen) atoms. The first-order valence-corrected chi connectivity index (χ1v) is 9.93. The van der Waals surface area contributed by atoms with Crippen molar-refractivity contribution in [3.8, 4) is 11.3 Å². The maximum Gasteiger partial charge on any atom is 0.459 e. The van der Waals surface area contributed by atoms with Gasteiger partial charge in [-0.3, -0.25) is 19.6 Å². The van der Waals surface area contributed by atoms with Gasteiger partial charge in [-0.15, -0.1) is 0 Å². The molecule has 1 amide bonds. The highest BCUT2D eigenvalue weighted by Gasteiger charge is 2.60. The van der Waals surface area contributed by atoms with Crippen molar-refractivity contribution >= 4 is 17.2 Å². The van der Waals surface area contributed by atoms with Crippen LogP contribution in [0.4, 0.5) is 32.0 Å². The molecular formula is C20H13F6N7O3. The van der Waals surface area contributed by atoms with Crippen molar-refractivity contribution < 1.29 is 36.1 Å². The Hall–Kier alpha value is -4.50. The first-order chi connectivity index (χ1) is 16.9. The summed E-state index contributed by atoms with van der Waals surface area (Å²) in [6, 6.07) is 5.63. The van der Waals surface area contributed by atoms with Gasteiger partial charge in [0, 0.05) is 18.2 Å². The number of nitro groups is 1. The first-order valence-electron chi connectivity index (χ1n) is 9.93. The average Bonchev–Trinajstić information content (AvgIpc) is 3.45. The van der Waals surface area contributed by atoms with Crippen molar-refractivity contribution in [3.05, 3.63) is 76.1 Å². The topological polar surface area (TPSA) is 120 Å². The van der Waals surface area contributed by atoms with Gasteiger partial charge in [0.1, 0.15) is 23.9 Å². The Bertz CT molecular complexity index is 1450. The highest BCUT2D eigenvalue weighted by molar-refractivity contribution is 5.93. The lowest BCUT2D eigenvalue weighted by Crippen LogP contribution is -2.36. The van der Waals surface area contributed by atoms with Gasteiger partial charge in [0.15, 0.2) is 11.3 Å². The van der Waals surface area contributed by atoms with Crippen LogP contribution in [0.2, 0.25) is 0 Å². The van der Waals surface area contributed by atoms with E-state index in [1.165, 1.54) is 4.68 Å². The van der Waals surface area contributed by atoms with Crippen molar-refractivity contribution in [1.82, 2.24) is 29.7 Å². The molecule has 0 unspecified atom stereocenters. The van der Waals surface area contributed by atoms with Gasteiger partial charge in [-0.25, -0.2) is 13.9 Å². The molecule has 3 aromatic heterocycles. The third kappa shape index (κ3) is 4.69. The Labute approximate surface area is 196 Å². The van der Waals surface area contributed by atoms with Crippen LogP contribution in [0.15, 0.2) is 48.8 Å². The van der Waals surface area contributed by atoms with Crippen LogP contribution in [0.25, 0.3) is 16.9 Å². The van der Waals surface area contributed by atoms with Gasteiger partial charge in [-0.2, -0.15) is 32.1 Å². The SMILES string of the molecule is O=C(NCCn1cc([N+](=O)[O-])cn1)c1cc2nc(-c3ccc(F)cc3)cc(C(F)(F)C(F)(F)F)n2n1. The number of carbonyl (C=O) groups is 1. The summed E-state index contributed by atoms with van der Waals surface area (Å²) < 4.78 is 82.9. The molecule has 1 aromatic carbocycles. The molecule has 188 valence electrons. The van der Waals surface area contributed by atoms with Gasteiger partial charge in [-0.05, 0) is 30.3 Å². The lowest BCUT2D eigenvalue weighted by atomic mass is 10.1. The maximum atomic E-state index is 14.4. The Balaban J connectivity index is 1.66. The summed E-state index contributed by atoms with van der Waals surface area (Å²) in [4.78, 5) is 26.5. The molecule has 0 spiro atoms. The molecule has 0 fully saturated rings. The predicted octanol–water partition coefficient (Wildman–Crippen LogP) is 3.72. The molecule has 3 heterocycles. The van der Waals surface area contributed by atoms with Crippen molar-refractivity contribution in [1.29, 1.82) is 0 Å². The molecule has 0 atom stereocenters. The standard InChI is InChI=1S/C20H13F6N7O3/c21-12-3-1-11(2-4-12)14-7-16(19(22,23)20(24,25)26)32-17(29-14)8-15(30-32)18(34)27-5-6-31-10-13(9-28-31)33(35)36/h1-4,7-10H,5-6H2,(H,27,34). The van der Waals surface area contributed by atoms with E-state index in [0.717, 1.165) is 42.7 Å². The van der Waals surface area contributed by atoms with E-state index in [-0.39, 0.29) is 34.5 Å². The zero-order valence-electron chi connectivity index (χ0n) is 17.7. The van der Waals surface area contributed by atoms with Crippen LogP contribution >= 0.6 is 0 Å². The number of fused-ring (bicyclic) bond motifs is 1. The molecule has 0 saturated carbocycles. The molecule has 16 heteroatoms. The summed E-state index contributed by atoms with van der Waals surface area (Å²) >= 11 is 0. The predicted molar refractivity (Wildman–Crippen MR) is 110 cm³/mol. The largest absolute Gasteiger partial charge is 0.459 e. The number of hydrogen-bond donors (Lipinski definition) is 1. The van der Waals surface area contributed by atoms with E-state index in [1.807, 2.05) is 0 Å². The number of aromatic nitrogens is 5. The molecule has 0 aliphatic heterocycles. The molecule has 1 N–H and O–H groups in total. The number of benzene rings is 1. The fraction of sp³-hybridized carbons (Fsp3) is 0.200. The van der Waals surface area contributed by atoms with Crippen molar-refractivity contribution in [3.63, 3.8) is 0 Å². The van der Waals surface area contributed by atoms with Crippen molar-refractivity contribution in [2.75, 3.05) is 6.54 Å². The zero-order chi connectivity index (χ0) is 26.3. The Kier molecular flexibility index (Phi) is 6.11. The summed E-state index contributed by atoms with van der Waals surface area (Å²) in [6.07, 6.45) is -3.87. The molecule has 4 aromatic rings. The van der Waals surface area contributed by atoms with Crippen LogP contribution in [0.3, 0.4) is 0 Å². The van der Waals surface area contributed by atoms with Gasteiger partial charge in [0.2, 0.25) is 0 Å². The monoisotopic (exact) mass is 513 g/mol.